The standard InChI is InChI=1S/3CH2O3.Pb.Zr/c3*2-1(3)4;;/h3*(H2,2,3,4);;/q;;;+2;+4/p-6. The van der Waals surface area contributed by atoms with E-state index in [2.05, 4.69) is 5.37 Å². The fourth-order valence-corrected chi connectivity index (χ4v) is 0.664. The van der Waals surface area contributed by atoms with Crippen LogP contribution in [-0.4, -0.2) is 43.6 Å². The molecule has 0 aromatic carbocycles. The van der Waals surface area contributed by atoms with Gasteiger partial charge in [-0.25, -0.2) is 0 Å². The minimum absolute atomic E-state index is 0. The summed E-state index contributed by atoms with van der Waals surface area (Å²) in [5.74, 6) is 0. The minimum atomic E-state index is -2.33. The van der Waals surface area contributed by atoms with Gasteiger partial charge < -0.3 is 30.0 Å². The molecule has 0 unspecified atom stereocenters. The van der Waals surface area contributed by atoms with Crippen molar-refractivity contribution in [3.8, 4) is 0 Å². The molecule has 0 aromatic rings. The normalized spacial score (nSPS) is 10.1. The van der Waals surface area contributed by atoms with Gasteiger partial charge in [-0.05, 0) is 12.3 Å². The van der Waals surface area contributed by atoms with Crippen molar-refractivity contribution >= 4 is 43.6 Å². The van der Waals surface area contributed by atoms with Crippen molar-refractivity contribution in [2.24, 2.45) is 0 Å². The monoisotopic (exact) mass is 478 g/mol. The summed E-state index contributed by atoms with van der Waals surface area (Å²) < 4.78 is 8.53. The zero-order valence-corrected chi connectivity index (χ0v) is 12.5. The molecule has 1 saturated heterocycles. The summed E-state index contributed by atoms with van der Waals surface area (Å²) in [6.07, 6.45) is -5.15. The molecule has 1 fully saturated rings. The van der Waals surface area contributed by atoms with Gasteiger partial charge in [0, 0.05) is 0 Å². The van der Waals surface area contributed by atoms with Crippen LogP contribution in [-0.2, 0) is 31.6 Å². The number of carbonyl (C=O) groups is 3. The molecule has 74 valence electrons. The number of carboxylic acid groups (broad SMARTS) is 4. The van der Waals surface area contributed by atoms with Crippen LogP contribution in [0.5, 0.6) is 0 Å². The maximum atomic E-state index is 9.50. The second-order valence-corrected chi connectivity index (χ2v) is 3.27. The molecule has 0 saturated carbocycles. The molecule has 1 aliphatic heterocycles. The maximum absolute atomic E-state index is 9.50. The van der Waals surface area contributed by atoms with Crippen LogP contribution in [0, 0.1) is 0 Å². The molecule has 0 spiro atoms. The van der Waals surface area contributed by atoms with E-state index in [-0.39, 0.29) is 26.2 Å². The molecule has 9 nitrogen and oxygen atoms in total. The SMILES string of the molecule is O=C([O-])[O-].O=C([O-])[O-].O=C1[O][Pb][O]1.[Zr+4]. The van der Waals surface area contributed by atoms with Gasteiger partial charge in [-0.3, -0.25) is 0 Å². The minimum Gasteiger partial charge on any atom is 4.00 e. The quantitative estimate of drug-likeness (QED) is 0.310. The first-order chi connectivity index (χ1) is 5.86. The van der Waals surface area contributed by atoms with Crippen molar-refractivity contribution < 1.29 is 66.4 Å². The largest absolute Gasteiger partial charge is 4.00 e. The first kappa shape index (κ1) is 19.2. The van der Waals surface area contributed by atoms with Gasteiger partial charge in [0.1, 0.15) is 0 Å². The average Bonchev–Trinajstić information content (AvgIpc) is 1.80. The number of carbonyl (C=O) groups excluding carboxylic acids is 3. The van der Waals surface area contributed by atoms with Gasteiger partial charge in [0.15, 0.2) is 0 Å². The van der Waals surface area contributed by atoms with Gasteiger partial charge in [0.25, 0.3) is 0 Å². The first-order valence-corrected chi connectivity index (χ1v) is 5.42. The summed E-state index contributed by atoms with van der Waals surface area (Å²) in [5.41, 5.74) is 0. The van der Waals surface area contributed by atoms with Crippen molar-refractivity contribution in [1.29, 1.82) is 0 Å². The van der Waals surface area contributed by atoms with Crippen LogP contribution in [0.3, 0.4) is 0 Å². The topological polar surface area (TPSA) is 162 Å². The van der Waals surface area contributed by atoms with Crippen LogP contribution in [0.4, 0.5) is 14.4 Å². The zero-order valence-electron chi connectivity index (χ0n) is 6.17. The molecule has 0 atom stereocenters. The summed E-state index contributed by atoms with van der Waals surface area (Å²) in [6.45, 7) is 0. The summed E-state index contributed by atoms with van der Waals surface area (Å²) in [5, 5.41) is 33.3. The maximum Gasteiger partial charge on any atom is 4.00 e. The fraction of sp³-hybridized carbons (Fsp3) is 0. The molecular formula is C3O9PbZr. The van der Waals surface area contributed by atoms with E-state index in [1.54, 1.807) is 0 Å². The Labute approximate surface area is 109 Å². The second kappa shape index (κ2) is 12.6. The van der Waals surface area contributed by atoms with Gasteiger partial charge >= 0.3 is 67.7 Å². The van der Waals surface area contributed by atoms with Gasteiger partial charge in [-0.15, -0.1) is 0 Å². The zero-order chi connectivity index (χ0) is 10.9. The number of rotatable bonds is 0. The van der Waals surface area contributed by atoms with Gasteiger partial charge in [-0.1, -0.05) is 0 Å². The van der Waals surface area contributed by atoms with Crippen molar-refractivity contribution in [3.63, 3.8) is 0 Å². The summed E-state index contributed by atoms with van der Waals surface area (Å²) in [7, 11) is 0. The molecule has 0 aromatic heterocycles. The van der Waals surface area contributed by atoms with Gasteiger partial charge in [-0.2, -0.15) is 0 Å². The molecule has 11 heteroatoms. The van der Waals surface area contributed by atoms with E-state index in [0.29, 0.717) is 0 Å². The van der Waals surface area contributed by atoms with Crippen LogP contribution in [0.2, 0.25) is 0 Å². The Morgan fingerprint density at radius 3 is 1.14 bits per heavy atom. The molecule has 1 rings (SSSR count). The third kappa shape index (κ3) is 41.5. The summed E-state index contributed by atoms with van der Waals surface area (Å²) in [6, 6.07) is 0. The van der Waals surface area contributed by atoms with Crippen LogP contribution >= 0.6 is 0 Å². The summed E-state index contributed by atoms with van der Waals surface area (Å²) >= 11 is -1.16. The van der Waals surface area contributed by atoms with Gasteiger partial charge in [0.2, 0.25) is 0 Å². The fourth-order valence-electron chi connectivity index (χ4n) is 0.0757. The Balaban J connectivity index is -0.000000127. The van der Waals surface area contributed by atoms with Gasteiger partial charge in [0.05, 0.1) is 0 Å². The van der Waals surface area contributed by atoms with E-state index >= 15 is 0 Å². The number of hydrogen-bond donors (Lipinski definition) is 0. The summed E-state index contributed by atoms with van der Waals surface area (Å²) in [4.78, 5) is 26.2. The molecule has 2 radical (unpaired) electrons. The van der Waals surface area contributed by atoms with Crippen LogP contribution in [0.25, 0.3) is 0 Å². The second-order valence-electron chi connectivity index (χ2n) is 1.04. The van der Waals surface area contributed by atoms with Crippen molar-refractivity contribution in [2.45, 2.75) is 0 Å². The van der Waals surface area contributed by atoms with Crippen LogP contribution in [0.1, 0.15) is 0 Å². The van der Waals surface area contributed by atoms with E-state index in [1.807, 2.05) is 0 Å². The van der Waals surface area contributed by atoms with E-state index in [1.165, 1.54) is 0 Å². The third-order valence-electron chi connectivity index (χ3n) is 0.250. The van der Waals surface area contributed by atoms with Crippen molar-refractivity contribution in [2.75, 3.05) is 0 Å². The molecule has 0 aliphatic carbocycles. The molecule has 1 heterocycles. The predicted molar refractivity (Wildman–Crippen MR) is 24.1 cm³/mol. The molecule has 0 bridgehead atoms. The molecular weight excluding hydrogens is 478 g/mol. The molecule has 0 amide bonds. The molecule has 0 N–H and O–H groups in total. The smallest absolute Gasteiger partial charge is 4.00 e. The Hall–Kier alpha value is -0.385. The van der Waals surface area contributed by atoms with Crippen molar-refractivity contribution in [1.82, 2.24) is 0 Å². The Bertz CT molecular complexity index is 166. The Morgan fingerprint density at radius 2 is 1.14 bits per heavy atom. The Morgan fingerprint density at radius 1 is 1.00 bits per heavy atom. The Kier molecular flexibility index (Phi) is 17.3. The van der Waals surface area contributed by atoms with Crippen LogP contribution in [0.15, 0.2) is 0 Å². The van der Waals surface area contributed by atoms with E-state index < -0.39 is 43.6 Å². The first-order valence-electron chi connectivity index (χ1n) is 2.25. The predicted octanol–water partition coefficient (Wildman–Crippen LogP) is -5.21. The number of hydrogen-bond acceptors (Lipinski definition) is 9. The molecule has 1 aliphatic rings. The molecule has 14 heavy (non-hydrogen) atoms. The van der Waals surface area contributed by atoms with E-state index in [4.69, 9.17) is 30.0 Å². The third-order valence-corrected chi connectivity index (χ3v) is 2.19. The van der Waals surface area contributed by atoms with E-state index in [0.717, 1.165) is 0 Å². The van der Waals surface area contributed by atoms with E-state index in [9.17, 15) is 4.79 Å². The van der Waals surface area contributed by atoms with Crippen LogP contribution < -0.4 is 20.4 Å². The van der Waals surface area contributed by atoms with Crippen molar-refractivity contribution in [3.05, 3.63) is 0 Å². The average molecular weight is 478 g/mol.